The molecule has 4 nitrogen and oxygen atoms in total. The molecule has 0 aliphatic rings. The monoisotopic (exact) mass is 295 g/mol. The van der Waals surface area contributed by atoms with Gasteiger partial charge in [-0.25, -0.2) is 9.18 Å². The van der Waals surface area contributed by atoms with Gasteiger partial charge in [-0.2, -0.15) is 0 Å². The summed E-state index contributed by atoms with van der Waals surface area (Å²) in [4.78, 5) is 12.4. The van der Waals surface area contributed by atoms with E-state index in [9.17, 15) is 9.18 Å². The van der Waals surface area contributed by atoms with Crippen LogP contribution in [-0.2, 0) is 9.53 Å². The van der Waals surface area contributed by atoms with Gasteiger partial charge < -0.3 is 14.7 Å². The number of anilines is 1. The van der Waals surface area contributed by atoms with Crippen LogP contribution in [0.5, 0.6) is 0 Å². The molecule has 116 valence electrons. The number of nitrogens with zero attached hydrogens (tertiary/aromatic N) is 1. The molecule has 0 fully saturated rings. The van der Waals surface area contributed by atoms with Gasteiger partial charge in [0.2, 0.25) is 0 Å². The standard InChI is InChI=1S/C16H22FNO3/c1-12(2)11-18(8-9-21-3)15-6-4-13(10-14(15)17)5-7-16(19)20/h4-7,10,12H,8-9,11H2,1-3H3,(H,19,20). The largest absolute Gasteiger partial charge is 0.478 e. The smallest absolute Gasteiger partial charge is 0.328 e. The van der Waals surface area contributed by atoms with Gasteiger partial charge in [0.1, 0.15) is 5.82 Å². The minimum absolute atomic E-state index is 0.362. The lowest BCUT2D eigenvalue weighted by molar-refractivity contribution is -0.131. The topological polar surface area (TPSA) is 49.8 Å². The minimum Gasteiger partial charge on any atom is -0.478 e. The van der Waals surface area contributed by atoms with E-state index in [4.69, 9.17) is 9.84 Å². The molecule has 0 aliphatic heterocycles. The van der Waals surface area contributed by atoms with Crippen molar-refractivity contribution in [3.63, 3.8) is 0 Å². The highest BCUT2D eigenvalue weighted by molar-refractivity contribution is 5.85. The van der Waals surface area contributed by atoms with E-state index >= 15 is 0 Å². The van der Waals surface area contributed by atoms with E-state index < -0.39 is 5.97 Å². The predicted octanol–water partition coefficient (Wildman–Crippen LogP) is 3.03. The number of rotatable bonds is 8. The van der Waals surface area contributed by atoms with Crippen molar-refractivity contribution in [1.29, 1.82) is 0 Å². The SMILES string of the molecule is COCCN(CC(C)C)c1ccc(C=CC(=O)O)cc1F. The van der Waals surface area contributed by atoms with Gasteiger partial charge in [-0.3, -0.25) is 0 Å². The summed E-state index contributed by atoms with van der Waals surface area (Å²) in [5, 5.41) is 8.58. The van der Waals surface area contributed by atoms with E-state index in [2.05, 4.69) is 13.8 Å². The van der Waals surface area contributed by atoms with Gasteiger partial charge in [0.15, 0.2) is 0 Å². The van der Waals surface area contributed by atoms with Crippen molar-refractivity contribution in [3.05, 3.63) is 35.7 Å². The molecule has 0 heterocycles. The second-order valence-electron chi connectivity index (χ2n) is 5.22. The zero-order valence-corrected chi connectivity index (χ0v) is 12.7. The van der Waals surface area contributed by atoms with Crippen LogP contribution in [0.2, 0.25) is 0 Å². The van der Waals surface area contributed by atoms with Crippen molar-refractivity contribution in [2.45, 2.75) is 13.8 Å². The Morgan fingerprint density at radius 1 is 1.48 bits per heavy atom. The van der Waals surface area contributed by atoms with Crippen LogP contribution >= 0.6 is 0 Å². The third kappa shape index (κ3) is 5.95. The number of carbonyl (C=O) groups is 1. The quantitative estimate of drug-likeness (QED) is 0.749. The first kappa shape index (κ1) is 17.2. The molecule has 5 heteroatoms. The molecule has 1 aromatic carbocycles. The highest BCUT2D eigenvalue weighted by Gasteiger charge is 2.13. The first-order valence-corrected chi connectivity index (χ1v) is 6.88. The number of hydrogen-bond donors (Lipinski definition) is 1. The first-order chi connectivity index (χ1) is 9.93. The molecule has 21 heavy (non-hydrogen) atoms. The summed E-state index contributed by atoms with van der Waals surface area (Å²) in [6.07, 6.45) is 2.36. The fourth-order valence-corrected chi connectivity index (χ4v) is 2.00. The Hall–Kier alpha value is -1.88. The van der Waals surface area contributed by atoms with Crippen LogP contribution in [0.4, 0.5) is 10.1 Å². The molecule has 0 aromatic heterocycles. The number of carboxylic acids is 1. The number of methoxy groups -OCH3 is 1. The molecule has 0 bridgehead atoms. The van der Waals surface area contributed by atoms with Crippen molar-refractivity contribution in [3.8, 4) is 0 Å². The van der Waals surface area contributed by atoms with Gasteiger partial charge in [0, 0.05) is 26.3 Å². The average Bonchev–Trinajstić information content (AvgIpc) is 2.41. The Morgan fingerprint density at radius 2 is 2.19 bits per heavy atom. The van der Waals surface area contributed by atoms with Crippen LogP contribution in [0.15, 0.2) is 24.3 Å². The van der Waals surface area contributed by atoms with Crippen LogP contribution < -0.4 is 4.90 Å². The maximum atomic E-state index is 14.2. The number of benzene rings is 1. The molecule has 1 aromatic rings. The van der Waals surface area contributed by atoms with Crippen LogP contribution in [-0.4, -0.2) is 37.9 Å². The Labute approximate surface area is 124 Å². The molecule has 0 unspecified atom stereocenters. The average molecular weight is 295 g/mol. The second-order valence-corrected chi connectivity index (χ2v) is 5.22. The summed E-state index contributed by atoms with van der Waals surface area (Å²) in [7, 11) is 1.61. The zero-order chi connectivity index (χ0) is 15.8. The molecule has 0 amide bonds. The molecule has 1 N–H and O–H groups in total. The number of ether oxygens (including phenoxy) is 1. The molecule has 0 aliphatic carbocycles. The lowest BCUT2D eigenvalue weighted by atomic mass is 10.1. The van der Waals surface area contributed by atoms with Gasteiger partial charge >= 0.3 is 5.97 Å². The van der Waals surface area contributed by atoms with E-state index in [-0.39, 0.29) is 5.82 Å². The van der Waals surface area contributed by atoms with Crippen LogP contribution in [0.25, 0.3) is 6.08 Å². The molecule has 0 saturated heterocycles. The van der Waals surface area contributed by atoms with E-state index in [0.717, 1.165) is 12.6 Å². The summed E-state index contributed by atoms with van der Waals surface area (Å²) in [5.41, 5.74) is 1.03. The predicted molar refractivity (Wildman–Crippen MR) is 82.0 cm³/mol. The third-order valence-electron chi connectivity index (χ3n) is 2.88. The fourth-order valence-electron chi connectivity index (χ4n) is 2.00. The summed E-state index contributed by atoms with van der Waals surface area (Å²) in [5.74, 6) is -1.02. The Kier molecular flexibility index (Phi) is 6.88. The van der Waals surface area contributed by atoms with Gasteiger partial charge in [0.25, 0.3) is 0 Å². The minimum atomic E-state index is -1.05. The number of carboxylic acid groups (broad SMARTS) is 1. The number of aliphatic carboxylic acids is 1. The second kappa shape index (κ2) is 8.42. The molecule has 0 atom stereocenters. The van der Waals surface area contributed by atoms with Crippen LogP contribution in [0, 0.1) is 11.7 Å². The summed E-state index contributed by atoms with van der Waals surface area (Å²) in [6.45, 7) is 6.00. The van der Waals surface area contributed by atoms with E-state index in [1.54, 1.807) is 19.2 Å². The Balaban J connectivity index is 2.95. The van der Waals surface area contributed by atoms with Crippen LogP contribution in [0.3, 0.4) is 0 Å². The van der Waals surface area contributed by atoms with Gasteiger partial charge in [0.05, 0.1) is 12.3 Å². The molecular weight excluding hydrogens is 273 g/mol. The number of halogens is 1. The molecule has 0 radical (unpaired) electrons. The summed E-state index contributed by atoms with van der Waals surface area (Å²) >= 11 is 0. The van der Waals surface area contributed by atoms with Crippen molar-refractivity contribution in [2.75, 3.05) is 31.7 Å². The maximum absolute atomic E-state index is 14.2. The van der Waals surface area contributed by atoms with Crippen molar-refractivity contribution < 1.29 is 19.0 Å². The summed E-state index contributed by atoms with van der Waals surface area (Å²) in [6, 6.07) is 4.72. The van der Waals surface area contributed by atoms with Gasteiger partial charge in [-0.15, -0.1) is 0 Å². The molecular formula is C16H22FNO3. The van der Waals surface area contributed by atoms with E-state index in [1.165, 1.54) is 12.1 Å². The van der Waals surface area contributed by atoms with E-state index in [1.807, 2.05) is 4.90 Å². The van der Waals surface area contributed by atoms with Gasteiger partial charge in [-0.1, -0.05) is 19.9 Å². The number of hydrogen-bond acceptors (Lipinski definition) is 3. The molecule has 0 saturated carbocycles. The zero-order valence-electron chi connectivity index (χ0n) is 12.7. The molecule has 1 rings (SSSR count). The highest BCUT2D eigenvalue weighted by Crippen LogP contribution is 2.22. The fraction of sp³-hybridized carbons (Fsp3) is 0.438. The van der Waals surface area contributed by atoms with E-state index in [0.29, 0.717) is 30.3 Å². The lowest BCUT2D eigenvalue weighted by Crippen LogP contribution is -2.31. The third-order valence-corrected chi connectivity index (χ3v) is 2.88. The van der Waals surface area contributed by atoms with Crippen molar-refractivity contribution >= 4 is 17.7 Å². The normalized spacial score (nSPS) is 11.3. The first-order valence-electron chi connectivity index (χ1n) is 6.88. The van der Waals surface area contributed by atoms with Crippen molar-refractivity contribution in [2.24, 2.45) is 5.92 Å². The van der Waals surface area contributed by atoms with Crippen LogP contribution in [0.1, 0.15) is 19.4 Å². The Morgan fingerprint density at radius 3 is 2.71 bits per heavy atom. The lowest BCUT2D eigenvalue weighted by Gasteiger charge is -2.27. The maximum Gasteiger partial charge on any atom is 0.328 e. The molecule has 0 spiro atoms. The highest BCUT2D eigenvalue weighted by atomic mass is 19.1. The summed E-state index contributed by atoms with van der Waals surface area (Å²) < 4.78 is 19.3. The van der Waals surface area contributed by atoms with Crippen molar-refractivity contribution in [1.82, 2.24) is 0 Å². The van der Waals surface area contributed by atoms with Gasteiger partial charge in [-0.05, 0) is 29.7 Å². The Bertz CT molecular complexity index is 500.